The van der Waals surface area contributed by atoms with Crippen molar-refractivity contribution in [2.24, 2.45) is 0 Å². The Labute approximate surface area is 88.7 Å². The van der Waals surface area contributed by atoms with Crippen LogP contribution in [0.4, 0.5) is 0 Å². The van der Waals surface area contributed by atoms with E-state index < -0.39 is 17.4 Å². The average Bonchev–Trinajstić information content (AvgIpc) is 2.60. The van der Waals surface area contributed by atoms with Gasteiger partial charge in [-0.15, -0.1) is 0 Å². The van der Waals surface area contributed by atoms with Crippen molar-refractivity contribution in [1.82, 2.24) is 0 Å². The molecule has 1 atom stereocenters. The minimum atomic E-state index is -1.12. The van der Waals surface area contributed by atoms with Crippen LogP contribution in [-0.4, -0.2) is 27.6 Å². The van der Waals surface area contributed by atoms with Gasteiger partial charge in [-0.05, 0) is 12.1 Å². The second kappa shape index (κ2) is 3.47. The molecule has 1 aromatic carbocycles. The minimum absolute atomic E-state index is 0.0706. The summed E-state index contributed by atoms with van der Waals surface area (Å²) in [5, 5.41) is 17.6. The average molecular weight is 226 g/mol. The Balaban J connectivity index is 2.41. The lowest BCUT2D eigenvalue weighted by molar-refractivity contribution is -0.140. The number of hydrogen-bond acceptors (Lipinski definition) is 4. The fraction of sp³-hybridized carbons (Fsp3) is 0.111. The van der Waals surface area contributed by atoms with E-state index in [-0.39, 0.29) is 5.56 Å². The van der Waals surface area contributed by atoms with E-state index in [0.29, 0.717) is 10.6 Å². The highest BCUT2D eigenvalue weighted by Crippen LogP contribution is 2.42. The van der Waals surface area contributed by atoms with Crippen molar-refractivity contribution < 1.29 is 24.5 Å². The monoisotopic (exact) mass is 226 g/mol. The predicted octanol–water partition coefficient (Wildman–Crippen LogP) is 1.28. The maximum Gasteiger partial charge on any atom is 0.356 e. The fourth-order valence-corrected chi connectivity index (χ4v) is 2.23. The number of rotatable bonds is 2. The van der Waals surface area contributed by atoms with E-state index in [1.165, 1.54) is 12.1 Å². The Hall–Kier alpha value is -1.69. The summed E-state index contributed by atoms with van der Waals surface area (Å²) in [6, 6.07) is 4.49. The molecule has 1 heterocycles. The third-order valence-corrected chi connectivity index (χ3v) is 3.04. The van der Waals surface area contributed by atoms with Crippen LogP contribution >= 0.6 is 11.8 Å². The lowest BCUT2D eigenvalue weighted by atomic mass is 10.2. The van der Waals surface area contributed by atoms with E-state index in [2.05, 4.69) is 0 Å². The summed E-state index contributed by atoms with van der Waals surface area (Å²) in [5.74, 6) is -1.89. The Morgan fingerprint density at radius 1 is 1.33 bits per heavy atom. The molecule has 0 amide bonds. The first-order valence-corrected chi connectivity index (χ1v) is 4.90. The number of carboxylic acids is 2. The quantitative estimate of drug-likeness (QED) is 0.790. The molecule has 2 rings (SSSR count). The number of benzene rings is 1. The highest BCUT2D eigenvalue weighted by molar-refractivity contribution is 8.00. The summed E-state index contributed by atoms with van der Waals surface area (Å²) in [6.07, 6.45) is 0. The lowest BCUT2D eigenvalue weighted by Crippen LogP contribution is -2.19. The molecule has 5 nitrogen and oxygen atoms in total. The van der Waals surface area contributed by atoms with Crippen LogP contribution in [0.25, 0.3) is 0 Å². The molecule has 0 saturated heterocycles. The Bertz CT molecular complexity index is 442. The van der Waals surface area contributed by atoms with Crippen molar-refractivity contribution in [1.29, 1.82) is 0 Å². The van der Waals surface area contributed by atoms with Crippen LogP contribution < -0.4 is 4.74 Å². The summed E-state index contributed by atoms with van der Waals surface area (Å²) >= 11 is 0.897. The van der Waals surface area contributed by atoms with Crippen LogP contribution in [-0.2, 0) is 4.79 Å². The van der Waals surface area contributed by atoms with Crippen LogP contribution in [0.2, 0.25) is 0 Å². The predicted molar refractivity (Wildman–Crippen MR) is 51.3 cm³/mol. The molecular formula is C9H6O5S. The van der Waals surface area contributed by atoms with Crippen molar-refractivity contribution in [3.05, 3.63) is 23.8 Å². The smallest absolute Gasteiger partial charge is 0.356 e. The van der Waals surface area contributed by atoms with Gasteiger partial charge in [0.25, 0.3) is 0 Å². The van der Waals surface area contributed by atoms with Gasteiger partial charge in [-0.2, -0.15) is 0 Å². The first kappa shape index (κ1) is 9.85. The molecule has 1 unspecified atom stereocenters. The van der Waals surface area contributed by atoms with E-state index in [1.807, 2.05) is 0 Å². The topological polar surface area (TPSA) is 83.8 Å². The van der Waals surface area contributed by atoms with Crippen molar-refractivity contribution in [3.63, 3.8) is 0 Å². The van der Waals surface area contributed by atoms with Gasteiger partial charge in [-0.3, -0.25) is 0 Å². The number of fused-ring (bicyclic) bond motifs is 1. The van der Waals surface area contributed by atoms with Crippen molar-refractivity contribution in [2.75, 3.05) is 0 Å². The van der Waals surface area contributed by atoms with Crippen molar-refractivity contribution in [2.45, 2.75) is 10.3 Å². The third kappa shape index (κ3) is 1.63. The number of ether oxygens (including phenoxy) is 1. The summed E-state index contributed by atoms with van der Waals surface area (Å²) in [5.41, 5.74) is -0.984. The first-order valence-electron chi connectivity index (χ1n) is 4.02. The van der Waals surface area contributed by atoms with E-state index in [0.717, 1.165) is 11.8 Å². The second-order valence-corrected chi connectivity index (χ2v) is 3.92. The van der Waals surface area contributed by atoms with Gasteiger partial charge in [0.2, 0.25) is 5.44 Å². The van der Waals surface area contributed by atoms with Crippen LogP contribution in [0, 0.1) is 0 Å². The Morgan fingerprint density at radius 3 is 2.67 bits per heavy atom. The summed E-state index contributed by atoms with van der Waals surface area (Å²) < 4.78 is 5.06. The summed E-state index contributed by atoms with van der Waals surface area (Å²) in [7, 11) is 0. The molecule has 78 valence electrons. The van der Waals surface area contributed by atoms with Crippen LogP contribution in [0.1, 0.15) is 10.4 Å². The van der Waals surface area contributed by atoms with Crippen molar-refractivity contribution >= 4 is 23.7 Å². The van der Waals surface area contributed by atoms with Gasteiger partial charge >= 0.3 is 11.9 Å². The van der Waals surface area contributed by atoms with Gasteiger partial charge in [-0.25, -0.2) is 9.59 Å². The molecule has 0 spiro atoms. The molecule has 1 aliphatic rings. The van der Waals surface area contributed by atoms with Crippen LogP contribution in [0.15, 0.2) is 23.1 Å². The maximum absolute atomic E-state index is 10.8. The van der Waals surface area contributed by atoms with Gasteiger partial charge in [0.1, 0.15) is 5.75 Å². The molecular weight excluding hydrogens is 220 g/mol. The zero-order valence-corrected chi connectivity index (χ0v) is 8.15. The van der Waals surface area contributed by atoms with Crippen LogP contribution in [0.3, 0.4) is 0 Å². The number of hydrogen-bond donors (Lipinski definition) is 2. The standard InChI is InChI=1S/C9H6O5S/c10-7(11)4-2-1-3-5-6(4)15-9(14-5)8(12)13/h1-3,9H,(H,10,11)(H,12,13). The highest BCUT2D eigenvalue weighted by Gasteiger charge is 2.32. The molecule has 6 heteroatoms. The SMILES string of the molecule is O=C(O)c1cccc2c1SC(C(=O)O)O2. The van der Waals surface area contributed by atoms with Gasteiger partial charge in [0.05, 0.1) is 10.5 Å². The molecule has 0 saturated carbocycles. The molecule has 0 bridgehead atoms. The normalized spacial score (nSPS) is 18.0. The molecule has 1 aliphatic heterocycles. The first-order chi connectivity index (χ1) is 7.09. The van der Waals surface area contributed by atoms with Gasteiger partial charge in [-0.1, -0.05) is 17.8 Å². The molecule has 2 N–H and O–H groups in total. The zero-order chi connectivity index (χ0) is 11.0. The molecule has 15 heavy (non-hydrogen) atoms. The molecule has 0 aromatic heterocycles. The Kier molecular flexibility index (Phi) is 2.28. The van der Waals surface area contributed by atoms with Gasteiger partial charge in [0, 0.05) is 0 Å². The Morgan fingerprint density at radius 2 is 2.07 bits per heavy atom. The lowest BCUT2D eigenvalue weighted by Gasteiger charge is -2.01. The zero-order valence-electron chi connectivity index (χ0n) is 7.34. The van der Waals surface area contributed by atoms with Gasteiger partial charge < -0.3 is 14.9 Å². The number of carboxylic acid groups (broad SMARTS) is 2. The minimum Gasteiger partial charge on any atom is -0.478 e. The fourth-order valence-electron chi connectivity index (χ4n) is 1.25. The molecule has 1 aromatic rings. The van der Waals surface area contributed by atoms with Crippen LogP contribution in [0.5, 0.6) is 5.75 Å². The highest BCUT2D eigenvalue weighted by atomic mass is 32.2. The summed E-state index contributed by atoms with van der Waals surface area (Å²) in [4.78, 5) is 21.9. The maximum atomic E-state index is 10.8. The largest absolute Gasteiger partial charge is 0.478 e. The van der Waals surface area contributed by atoms with E-state index >= 15 is 0 Å². The number of carbonyl (C=O) groups is 2. The number of aliphatic carboxylic acids is 1. The second-order valence-electron chi connectivity index (χ2n) is 2.84. The molecule has 0 radical (unpaired) electrons. The van der Waals surface area contributed by atoms with Crippen molar-refractivity contribution in [3.8, 4) is 5.75 Å². The van der Waals surface area contributed by atoms with E-state index in [1.54, 1.807) is 6.07 Å². The van der Waals surface area contributed by atoms with E-state index in [9.17, 15) is 9.59 Å². The molecule has 0 aliphatic carbocycles. The van der Waals surface area contributed by atoms with Gasteiger partial charge in [0.15, 0.2) is 0 Å². The number of thioether (sulfide) groups is 1. The third-order valence-electron chi connectivity index (χ3n) is 1.87. The number of aromatic carboxylic acids is 1. The molecule has 0 fully saturated rings. The van der Waals surface area contributed by atoms with E-state index in [4.69, 9.17) is 14.9 Å². The summed E-state index contributed by atoms with van der Waals surface area (Å²) in [6.45, 7) is 0.